The van der Waals surface area contributed by atoms with Gasteiger partial charge in [-0.1, -0.05) is 0 Å². The third kappa shape index (κ3) is 3.36. The fourth-order valence-corrected chi connectivity index (χ4v) is 2.33. The summed E-state index contributed by atoms with van der Waals surface area (Å²) < 4.78 is 5.44. The van der Waals surface area contributed by atoms with E-state index in [0.29, 0.717) is 5.82 Å². The summed E-state index contributed by atoms with van der Waals surface area (Å²) >= 11 is 0. The van der Waals surface area contributed by atoms with E-state index in [1.54, 1.807) is 11.1 Å². The normalized spacial score (nSPS) is 19.5. The summed E-state index contributed by atoms with van der Waals surface area (Å²) in [6, 6.07) is 3.78. The molecule has 1 aromatic rings. The number of carbonyl (C=O) groups excluding carboxylic acids is 1. The number of pyridine rings is 1. The molecule has 0 spiro atoms. The van der Waals surface area contributed by atoms with Crippen LogP contribution in [-0.2, 0) is 4.74 Å². The van der Waals surface area contributed by atoms with Gasteiger partial charge in [0.05, 0.1) is 6.04 Å². The van der Waals surface area contributed by atoms with Crippen LogP contribution in [0.15, 0.2) is 18.3 Å². The fraction of sp³-hybridized carbons (Fsp3) is 0.571. The highest BCUT2D eigenvalue weighted by Crippen LogP contribution is 2.33. The van der Waals surface area contributed by atoms with E-state index in [-0.39, 0.29) is 12.1 Å². The molecule has 1 aliphatic heterocycles. The molecule has 1 aromatic heterocycles. The number of amides is 1. The molecule has 1 amide bonds. The van der Waals surface area contributed by atoms with Crippen LogP contribution in [0.1, 0.15) is 45.2 Å². The molecule has 1 unspecified atom stereocenters. The number of ether oxygens (including phenoxy) is 1. The molecular weight excluding hydrogens is 242 g/mol. The minimum Gasteiger partial charge on any atom is -0.444 e. The van der Waals surface area contributed by atoms with Crippen molar-refractivity contribution in [3.8, 4) is 0 Å². The highest BCUT2D eigenvalue weighted by atomic mass is 16.6. The Morgan fingerprint density at radius 2 is 2.26 bits per heavy atom. The third-order valence-electron chi connectivity index (χ3n) is 3.07. The molecule has 1 saturated heterocycles. The summed E-state index contributed by atoms with van der Waals surface area (Å²) in [5, 5.41) is 0. The number of carbonyl (C=O) groups is 1. The van der Waals surface area contributed by atoms with Crippen LogP contribution in [0.25, 0.3) is 0 Å². The van der Waals surface area contributed by atoms with Crippen molar-refractivity contribution in [1.29, 1.82) is 0 Å². The minimum atomic E-state index is -0.471. The van der Waals surface area contributed by atoms with Gasteiger partial charge >= 0.3 is 6.09 Å². The maximum absolute atomic E-state index is 12.2. The van der Waals surface area contributed by atoms with E-state index in [1.165, 1.54) is 0 Å². The Morgan fingerprint density at radius 1 is 1.53 bits per heavy atom. The van der Waals surface area contributed by atoms with Gasteiger partial charge in [-0.05, 0) is 51.3 Å². The molecule has 2 heterocycles. The van der Waals surface area contributed by atoms with E-state index in [9.17, 15) is 4.79 Å². The number of nitrogen functional groups attached to an aromatic ring is 1. The second-order valence-corrected chi connectivity index (χ2v) is 5.85. The van der Waals surface area contributed by atoms with Crippen molar-refractivity contribution in [3.05, 3.63) is 23.9 Å². The Labute approximate surface area is 113 Å². The first kappa shape index (κ1) is 13.6. The zero-order valence-corrected chi connectivity index (χ0v) is 11.7. The third-order valence-corrected chi connectivity index (χ3v) is 3.07. The monoisotopic (exact) mass is 263 g/mol. The lowest BCUT2D eigenvalue weighted by molar-refractivity contribution is 0.0224. The van der Waals surface area contributed by atoms with Crippen LogP contribution in [0.3, 0.4) is 0 Å². The summed E-state index contributed by atoms with van der Waals surface area (Å²) in [6.07, 6.45) is 3.33. The van der Waals surface area contributed by atoms with E-state index >= 15 is 0 Å². The van der Waals surface area contributed by atoms with Gasteiger partial charge in [0.2, 0.25) is 0 Å². The molecule has 0 bridgehead atoms. The van der Waals surface area contributed by atoms with Gasteiger partial charge in [-0.2, -0.15) is 0 Å². The number of nitrogens with two attached hydrogens (primary N) is 1. The SMILES string of the molecule is CC(C)(C)OC(=O)N1CCCC1c1ccnc(N)c1. The average molecular weight is 263 g/mol. The average Bonchev–Trinajstić information content (AvgIpc) is 2.75. The first-order valence-electron chi connectivity index (χ1n) is 6.58. The van der Waals surface area contributed by atoms with Gasteiger partial charge < -0.3 is 15.4 Å². The van der Waals surface area contributed by atoms with Crippen molar-refractivity contribution in [3.63, 3.8) is 0 Å². The summed E-state index contributed by atoms with van der Waals surface area (Å²) in [5.74, 6) is 0.480. The summed E-state index contributed by atoms with van der Waals surface area (Å²) in [4.78, 5) is 17.9. The highest BCUT2D eigenvalue weighted by Gasteiger charge is 2.33. The van der Waals surface area contributed by atoms with Gasteiger partial charge in [0, 0.05) is 12.7 Å². The molecule has 19 heavy (non-hydrogen) atoms. The molecule has 2 rings (SSSR count). The molecule has 1 aliphatic rings. The Balaban J connectivity index is 2.15. The summed E-state index contributed by atoms with van der Waals surface area (Å²) in [7, 11) is 0. The Kier molecular flexibility index (Phi) is 3.64. The maximum atomic E-state index is 12.2. The minimum absolute atomic E-state index is 0.0418. The van der Waals surface area contributed by atoms with E-state index in [4.69, 9.17) is 10.5 Å². The molecule has 0 aliphatic carbocycles. The van der Waals surface area contributed by atoms with E-state index in [1.807, 2.05) is 32.9 Å². The highest BCUT2D eigenvalue weighted by molar-refractivity contribution is 5.69. The second-order valence-electron chi connectivity index (χ2n) is 5.85. The Bertz CT molecular complexity index is 468. The lowest BCUT2D eigenvalue weighted by atomic mass is 10.1. The van der Waals surface area contributed by atoms with Crippen LogP contribution in [0.2, 0.25) is 0 Å². The number of likely N-dealkylation sites (tertiary alicyclic amines) is 1. The van der Waals surface area contributed by atoms with Crippen molar-refractivity contribution in [1.82, 2.24) is 9.88 Å². The molecule has 0 saturated carbocycles. The molecule has 2 N–H and O–H groups in total. The van der Waals surface area contributed by atoms with Gasteiger partial charge in [0.25, 0.3) is 0 Å². The molecule has 1 atom stereocenters. The van der Waals surface area contributed by atoms with Crippen molar-refractivity contribution in [2.75, 3.05) is 12.3 Å². The van der Waals surface area contributed by atoms with Crippen LogP contribution in [0.4, 0.5) is 10.6 Å². The maximum Gasteiger partial charge on any atom is 0.410 e. The van der Waals surface area contributed by atoms with Gasteiger partial charge in [0.1, 0.15) is 11.4 Å². The quantitative estimate of drug-likeness (QED) is 0.845. The standard InChI is InChI=1S/C14H21N3O2/c1-14(2,3)19-13(18)17-8-4-5-11(17)10-6-7-16-12(15)9-10/h6-7,9,11H,4-5,8H2,1-3H3,(H2,15,16). The molecule has 104 valence electrons. The van der Waals surface area contributed by atoms with Crippen molar-refractivity contribution < 1.29 is 9.53 Å². The zero-order chi connectivity index (χ0) is 14.0. The van der Waals surface area contributed by atoms with Crippen molar-refractivity contribution in [2.45, 2.75) is 45.3 Å². The fourth-order valence-electron chi connectivity index (χ4n) is 2.33. The molecule has 0 radical (unpaired) electrons. The lowest BCUT2D eigenvalue weighted by Crippen LogP contribution is -2.36. The predicted octanol–water partition coefficient (Wildman–Crippen LogP) is 2.74. The first-order chi connectivity index (χ1) is 8.87. The number of anilines is 1. The van der Waals surface area contributed by atoms with Crippen LogP contribution in [0, 0.1) is 0 Å². The summed E-state index contributed by atoms with van der Waals surface area (Å²) in [6.45, 7) is 6.35. The smallest absolute Gasteiger partial charge is 0.410 e. The van der Waals surface area contributed by atoms with Crippen LogP contribution in [-0.4, -0.2) is 28.1 Å². The number of aromatic nitrogens is 1. The Morgan fingerprint density at radius 3 is 2.89 bits per heavy atom. The number of rotatable bonds is 1. The van der Waals surface area contributed by atoms with Crippen molar-refractivity contribution in [2.24, 2.45) is 0 Å². The van der Waals surface area contributed by atoms with Crippen LogP contribution < -0.4 is 5.73 Å². The molecule has 0 aromatic carbocycles. The van der Waals surface area contributed by atoms with E-state index in [0.717, 1.165) is 24.9 Å². The molecular formula is C14H21N3O2. The van der Waals surface area contributed by atoms with Crippen LogP contribution >= 0.6 is 0 Å². The number of nitrogens with zero attached hydrogens (tertiary/aromatic N) is 2. The topological polar surface area (TPSA) is 68.5 Å². The number of hydrogen-bond donors (Lipinski definition) is 1. The van der Waals surface area contributed by atoms with Crippen molar-refractivity contribution >= 4 is 11.9 Å². The van der Waals surface area contributed by atoms with Gasteiger partial charge in [-0.15, -0.1) is 0 Å². The van der Waals surface area contributed by atoms with Gasteiger partial charge in [-0.25, -0.2) is 9.78 Å². The van der Waals surface area contributed by atoms with Crippen LogP contribution in [0.5, 0.6) is 0 Å². The molecule has 5 heteroatoms. The van der Waals surface area contributed by atoms with E-state index in [2.05, 4.69) is 4.98 Å². The van der Waals surface area contributed by atoms with Gasteiger partial charge in [-0.3, -0.25) is 0 Å². The lowest BCUT2D eigenvalue weighted by Gasteiger charge is -2.28. The number of hydrogen-bond acceptors (Lipinski definition) is 4. The molecule has 1 fully saturated rings. The predicted molar refractivity (Wildman–Crippen MR) is 73.6 cm³/mol. The first-order valence-corrected chi connectivity index (χ1v) is 6.58. The van der Waals surface area contributed by atoms with Gasteiger partial charge in [0.15, 0.2) is 0 Å². The summed E-state index contributed by atoms with van der Waals surface area (Å²) in [5.41, 5.74) is 6.26. The Hall–Kier alpha value is -1.78. The van der Waals surface area contributed by atoms with E-state index < -0.39 is 5.60 Å². The second kappa shape index (κ2) is 5.07. The largest absolute Gasteiger partial charge is 0.444 e. The molecule has 5 nitrogen and oxygen atoms in total. The zero-order valence-electron chi connectivity index (χ0n) is 11.7.